The number of pyridine rings is 1. The first-order valence-corrected chi connectivity index (χ1v) is 5.07. The number of hydrogen-bond donors (Lipinski definition) is 1. The number of aryl methyl sites for hydroxylation is 1. The molecule has 17 heavy (non-hydrogen) atoms. The highest BCUT2D eigenvalue weighted by Crippen LogP contribution is 2.28. The van der Waals surface area contributed by atoms with Crippen molar-refractivity contribution in [2.45, 2.75) is 33.0 Å². The molecule has 1 amide bonds. The van der Waals surface area contributed by atoms with Crippen molar-refractivity contribution in [3.05, 3.63) is 29.1 Å². The number of hydrogen-bond acceptors (Lipinski definition) is 2. The lowest BCUT2D eigenvalue weighted by atomic mass is 10.2. The summed E-state index contributed by atoms with van der Waals surface area (Å²) in [5.41, 5.74) is -0.918. The average molecular weight is 246 g/mol. The quantitative estimate of drug-likeness (QED) is 0.871. The summed E-state index contributed by atoms with van der Waals surface area (Å²) in [6.07, 6.45) is -4.54. The van der Waals surface area contributed by atoms with Crippen molar-refractivity contribution in [3.63, 3.8) is 0 Å². The minimum Gasteiger partial charge on any atom is -0.349 e. The summed E-state index contributed by atoms with van der Waals surface area (Å²) in [6.45, 7) is 4.93. The van der Waals surface area contributed by atoms with Crippen LogP contribution in [-0.4, -0.2) is 16.9 Å². The van der Waals surface area contributed by atoms with E-state index in [1.54, 1.807) is 13.8 Å². The van der Waals surface area contributed by atoms with E-state index in [-0.39, 0.29) is 11.7 Å². The predicted molar refractivity (Wildman–Crippen MR) is 56.6 cm³/mol. The molecule has 3 nitrogen and oxygen atoms in total. The Hall–Kier alpha value is -1.59. The molecule has 0 bridgehead atoms. The number of nitrogens with zero attached hydrogens (tertiary/aromatic N) is 1. The molecular weight excluding hydrogens is 233 g/mol. The zero-order valence-corrected chi connectivity index (χ0v) is 9.72. The minimum atomic E-state index is -4.54. The van der Waals surface area contributed by atoms with Gasteiger partial charge in [0.25, 0.3) is 5.91 Å². The van der Waals surface area contributed by atoms with Crippen LogP contribution in [0.1, 0.15) is 35.6 Å². The van der Waals surface area contributed by atoms with E-state index in [0.717, 1.165) is 6.07 Å². The maximum Gasteiger partial charge on any atom is 0.433 e. The topological polar surface area (TPSA) is 42.0 Å². The molecule has 1 rings (SSSR count). The molecule has 0 atom stereocenters. The van der Waals surface area contributed by atoms with Gasteiger partial charge in [0.1, 0.15) is 11.4 Å². The molecule has 0 aromatic carbocycles. The zero-order chi connectivity index (χ0) is 13.2. The fourth-order valence-corrected chi connectivity index (χ4v) is 1.26. The lowest BCUT2D eigenvalue weighted by molar-refractivity contribution is -0.141. The minimum absolute atomic E-state index is 0.154. The second kappa shape index (κ2) is 4.73. The van der Waals surface area contributed by atoms with Crippen LogP contribution in [0.5, 0.6) is 0 Å². The maximum atomic E-state index is 12.5. The fourth-order valence-electron chi connectivity index (χ4n) is 1.26. The third-order valence-electron chi connectivity index (χ3n) is 1.91. The largest absolute Gasteiger partial charge is 0.433 e. The highest BCUT2D eigenvalue weighted by atomic mass is 19.4. The van der Waals surface area contributed by atoms with Gasteiger partial charge in [0.2, 0.25) is 0 Å². The van der Waals surface area contributed by atoms with E-state index in [0.29, 0.717) is 5.56 Å². The van der Waals surface area contributed by atoms with E-state index in [1.807, 2.05) is 0 Å². The second-order valence-corrected chi connectivity index (χ2v) is 4.04. The van der Waals surface area contributed by atoms with Crippen LogP contribution in [0.25, 0.3) is 0 Å². The summed E-state index contributed by atoms with van der Waals surface area (Å²) < 4.78 is 37.4. The summed E-state index contributed by atoms with van der Waals surface area (Å²) in [5, 5.41) is 2.50. The van der Waals surface area contributed by atoms with Crippen molar-refractivity contribution < 1.29 is 18.0 Å². The molecule has 0 saturated carbocycles. The molecule has 0 spiro atoms. The van der Waals surface area contributed by atoms with Gasteiger partial charge < -0.3 is 5.32 Å². The number of carbonyl (C=O) groups is 1. The molecule has 0 fully saturated rings. The number of amides is 1. The third kappa shape index (κ3) is 3.72. The van der Waals surface area contributed by atoms with Crippen molar-refractivity contribution in [1.29, 1.82) is 0 Å². The molecule has 0 unspecified atom stereocenters. The Morgan fingerprint density at radius 3 is 2.41 bits per heavy atom. The van der Waals surface area contributed by atoms with Crippen molar-refractivity contribution in [2.24, 2.45) is 0 Å². The molecule has 1 N–H and O–H groups in total. The van der Waals surface area contributed by atoms with Gasteiger partial charge in [-0.15, -0.1) is 0 Å². The standard InChI is InChI=1S/C11H13F3N2O/c1-6(2)15-10(17)8-4-7(3)5-9(16-8)11(12,13)14/h4-6H,1-3H3,(H,15,17). The first kappa shape index (κ1) is 13.5. The van der Waals surface area contributed by atoms with E-state index < -0.39 is 17.8 Å². The third-order valence-corrected chi connectivity index (χ3v) is 1.91. The lowest BCUT2D eigenvalue weighted by Gasteiger charge is -2.11. The van der Waals surface area contributed by atoms with Gasteiger partial charge in [-0.3, -0.25) is 4.79 Å². The highest BCUT2D eigenvalue weighted by molar-refractivity contribution is 5.92. The predicted octanol–water partition coefficient (Wildman–Crippen LogP) is 2.55. The summed E-state index contributed by atoms with van der Waals surface area (Å²) in [4.78, 5) is 14.9. The smallest absolute Gasteiger partial charge is 0.349 e. The first-order valence-electron chi connectivity index (χ1n) is 5.07. The Balaban J connectivity index is 3.10. The van der Waals surface area contributed by atoms with E-state index in [2.05, 4.69) is 10.3 Å². The lowest BCUT2D eigenvalue weighted by Crippen LogP contribution is -2.31. The second-order valence-electron chi connectivity index (χ2n) is 4.04. The zero-order valence-electron chi connectivity index (χ0n) is 9.72. The summed E-state index contributed by atoms with van der Waals surface area (Å²) in [5.74, 6) is -0.603. The molecule has 0 aliphatic carbocycles. The molecule has 6 heteroatoms. The van der Waals surface area contributed by atoms with Gasteiger partial charge >= 0.3 is 6.18 Å². The van der Waals surface area contributed by atoms with Gasteiger partial charge in [-0.1, -0.05) is 0 Å². The molecule has 0 radical (unpaired) electrons. The summed E-state index contributed by atoms with van der Waals surface area (Å²) >= 11 is 0. The highest BCUT2D eigenvalue weighted by Gasteiger charge is 2.33. The van der Waals surface area contributed by atoms with Gasteiger partial charge in [0, 0.05) is 6.04 Å². The monoisotopic (exact) mass is 246 g/mol. The first-order chi connectivity index (χ1) is 7.70. The molecule has 1 aromatic heterocycles. The van der Waals surface area contributed by atoms with Gasteiger partial charge in [-0.2, -0.15) is 13.2 Å². The molecule has 94 valence electrons. The number of nitrogens with one attached hydrogen (secondary N) is 1. The molecule has 0 saturated heterocycles. The number of halogens is 3. The Bertz CT molecular complexity index is 427. The van der Waals surface area contributed by atoms with Crippen LogP contribution in [0, 0.1) is 6.92 Å². The number of carbonyl (C=O) groups excluding carboxylic acids is 1. The van der Waals surface area contributed by atoms with Crippen LogP contribution in [0.4, 0.5) is 13.2 Å². The normalized spacial score (nSPS) is 11.7. The molecule has 0 aliphatic rings. The van der Waals surface area contributed by atoms with Crippen LogP contribution in [-0.2, 0) is 6.18 Å². The van der Waals surface area contributed by atoms with Crippen molar-refractivity contribution in [3.8, 4) is 0 Å². The summed E-state index contributed by atoms with van der Waals surface area (Å²) in [7, 11) is 0. The van der Waals surface area contributed by atoms with Gasteiger partial charge in [-0.25, -0.2) is 4.98 Å². The molecular formula is C11H13F3N2O. The van der Waals surface area contributed by atoms with Crippen LogP contribution >= 0.6 is 0 Å². The Morgan fingerprint density at radius 1 is 1.35 bits per heavy atom. The Labute approximate surface area is 97.0 Å². The number of alkyl halides is 3. The van der Waals surface area contributed by atoms with Crippen LogP contribution in [0.3, 0.4) is 0 Å². The van der Waals surface area contributed by atoms with Gasteiger partial charge in [-0.05, 0) is 38.5 Å². The van der Waals surface area contributed by atoms with E-state index in [4.69, 9.17) is 0 Å². The molecule has 1 heterocycles. The Kier molecular flexibility index (Phi) is 3.75. The van der Waals surface area contributed by atoms with Gasteiger partial charge in [0.05, 0.1) is 0 Å². The Morgan fingerprint density at radius 2 is 1.94 bits per heavy atom. The maximum absolute atomic E-state index is 12.5. The van der Waals surface area contributed by atoms with E-state index in [1.165, 1.54) is 13.0 Å². The van der Waals surface area contributed by atoms with E-state index >= 15 is 0 Å². The van der Waals surface area contributed by atoms with E-state index in [9.17, 15) is 18.0 Å². The van der Waals surface area contributed by atoms with Gasteiger partial charge in [0.15, 0.2) is 0 Å². The SMILES string of the molecule is Cc1cc(C(=O)NC(C)C)nc(C(F)(F)F)c1. The van der Waals surface area contributed by atoms with Crippen molar-refractivity contribution in [2.75, 3.05) is 0 Å². The fraction of sp³-hybridized carbons (Fsp3) is 0.455. The summed E-state index contributed by atoms with van der Waals surface area (Å²) in [6, 6.07) is 2.08. The molecule has 0 aliphatic heterocycles. The van der Waals surface area contributed by atoms with Crippen LogP contribution in [0.2, 0.25) is 0 Å². The van der Waals surface area contributed by atoms with Crippen molar-refractivity contribution in [1.82, 2.24) is 10.3 Å². The number of rotatable bonds is 2. The van der Waals surface area contributed by atoms with Crippen LogP contribution < -0.4 is 5.32 Å². The number of aromatic nitrogens is 1. The average Bonchev–Trinajstić information content (AvgIpc) is 2.14. The van der Waals surface area contributed by atoms with Crippen LogP contribution in [0.15, 0.2) is 12.1 Å². The van der Waals surface area contributed by atoms with Crippen molar-refractivity contribution >= 4 is 5.91 Å². The molecule has 1 aromatic rings.